The molecule has 0 saturated carbocycles. The van der Waals surface area contributed by atoms with Crippen molar-refractivity contribution in [1.29, 1.82) is 0 Å². The molecule has 0 amide bonds. The minimum absolute atomic E-state index is 0.0305. The van der Waals surface area contributed by atoms with Gasteiger partial charge in [0.15, 0.2) is 20.2 Å². The van der Waals surface area contributed by atoms with Crippen molar-refractivity contribution in [1.82, 2.24) is 0 Å². The monoisotopic (exact) mass is 596 g/mol. The number of esters is 1. The third-order valence-corrected chi connectivity index (χ3v) is 12.4. The van der Waals surface area contributed by atoms with Gasteiger partial charge >= 0.3 is 5.97 Å². The molecule has 0 unspecified atom stereocenters. The summed E-state index contributed by atoms with van der Waals surface area (Å²) in [5, 5.41) is 12.3. The number of phenols is 1. The van der Waals surface area contributed by atoms with Crippen LogP contribution in [0.4, 0.5) is 0 Å². The Morgan fingerprint density at radius 1 is 0.952 bits per heavy atom. The lowest BCUT2D eigenvalue weighted by atomic mass is 9.94. The van der Waals surface area contributed by atoms with Gasteiger partial charge in [0.2, 0.25) is 0 Å². The fraction of sp³-hybridized carbons (Fsp3) is 0.455. The van der Waals surface area contributed by atoms with Gasteiger partial charge in [-0.15, -0.1) is 0 Å². The quantitative estimate of drug-likeness (QED) is 0.127. The number of carbonyl (C=O) groups is 2. The van der Waals surface area contributed by atoms with E-state index < -0.39 is 32.3 Å². The Balaban J connectivity index is 2.10. The fourth-order valence-corrected chi connectivity index (χ4v) is 6.14. The number of methoxy groups -OCH3 is 2. The topological polar surface area (TPSA) is 101 Å². The van der Waals surface area contributed by atoms with Crippen molar-refractivity contribution in [2.24, 2.45) is 0 Å². The molecule has 8 nitrogen and oxygen atoms in total. The number of hydrogen-bond donors (Lipinski definition) is 1. The molecule has 0 aliphatic heterocycles. The van der Waals surface area contributed by atoms with E-state index in [0.717, 1.165) is 5.56 Å². The molecule has 0 fully saturated rings. The van der Waals surface area contributed by atoms with Crippen LogP contribution < -0.4 is 9.47 Å². The number of benzene rings is 3. The lowest BCUT2D eigenvalue weighted by Crippen LogP contribution is -2.46. The molecule has 9 heteroatoms. The Bertz CT molecular complexity index is 1380. The predicted octanol–water partition coefficient (Wildman–Crippen LogP) is 7.06. The molecule has 0 radical (unpaired) electrons. The highest BCUT2D eigenvalue weighted by Crippen LogP contribution is 2.42. The molecule has 3 aromatic rings. The first-order chi connectivity index (χ1) is 19.7. The van der Waals surface area contributed by atoms with Gasteiger partial charge in [0.05, 0.1) is 31.8 Å². The van der Waals surface area contributed by atoms with Gasteiger partial charge in [-0.2, -0.15) is 0 Å². The van der Waals surface area contributed by atoms with Gasteiger partial charge < -0.3 is 28.5 Å². The van der Waals surface area contributed by atoms with E-state index in [4.69, 9.17) is 23.4 Å². The zero-order valence-electron chi connectivity index (χ0n) is 26.1. The predicted molar refractivity (Wildman–Crippen MR) is 166 cm³/mol. The summed E-state index contributed by atoms with van der Waals surface area (Å²) in [5.41, 5.74) is 0.807. The summed E-state index contributed by atoms with van der Waals surface area (Å²) < 4.78 is 29.7. The highest BCUT2D eigenvalue weighted by atomic mass is 28.4. The SMILES string of the molecule is COc1cc(C(=O)[C@H](OCc2ccccc2)[C@@H](C[C@@H](C)O[Si](C)(C)C(C)(C)C)OC(C)=O)c(O)c2c(OC)cccc12. The van der Waals surface area contributed by atoms with Crippen LogP contribution in [0.25, 0.3) is 10.8 Å². The highest BCUT2D eigenvalue weighted by molar-refractivity contribution is 6.74. The van der Waals surface area contributed by atoms with E-state index in [1.54, 1.807) is 18.2 Å². The van der Waals surface area contributed by atoms with Gasteiger partial charge in [-0.3, -0.25) is 9.59 Å². The zero-order chi connectivity index (χ0) is 31.2. The molecule has 42 heavy (non-hydrogen) atoms. The van der Waals surface area contributed by atoms with Gasteiger partial charge in [0, 0.05) is 24.8 Å². The number of rotatable bonds is 13. The molecule has 0 bridgehead atoms. The number of fused-ring (bicyclic) bond motifs is 1. The number of carbonyl (C=O) groups excluding carboxylic acids is 2. The summed E-state index contributed by atoms with van der Waals surface area (Å²) >= 11 is 0. The minimum Gasteiger partial charge on any atom is -0.506 e. The normalized spacial score (nSPS) is 14.2. The zero-order valence-corrected chi connectivity index (χ0v) is 27.1. The highest BCUT2D eigenvalue weighted by Gasteiger charge is 2.41. The lowest BCUT2D eigenvalue weighted by Gasteiger charge is -2.39. The summed E-state index contributed by atoms with van der Waals surface area (Å²) in [7, 11) is 0.807. The van der Waals surface area contributed by atoms with Crippen LogP contribution in [0.15, 0.2) is 54.6 Å². The summed E-state index contributed by atoms with van der Waals surface area (Å²) in [4.78, 5) is 26.7. The second kappa shape index (κ2) is 13.7. The first kappa shape index (κ1) is 33.1. The van der Waals surface area contributed by atoms with E-state index >= 15 is 0 Å². The maximum Gasteiger partial charge on any atom is 0.303 e. The fourth-order valence-electron chi connectivity index (χ4n) is 4.69. The van der Waals surface area contributed by atoms with E-state index in [1.807, 2.05) is 37.3 Å². The van der Waals surface area contributed by atoms with Gasteiger partial charge in [-0.1, -0.05) is 63.2 Å². The lowest BCUT2D eigenvalue weighted by molar-refractivity contribution is -0.155. The average Bonchev–Trinajstić information content (AvgIpc) is 2.92. The van der Waals surface area contributed by atoms with Crippen molar-refractivity contribution in [3.05, 3.63) is 65.7 Å². The Kier molecular flexibility index (Phi) is 10.8. The Hall–Kier alpha value is -3.40. The Labute approximate surface area is 250 Å². The molecule has 0 aromatic heterocycles. The standard InChI is InChI=1S/C33H44O8Si/c1-21(41-42(8,9)33(3,4)5)18-28(40-22(2)34)32(39-20-23-14-11-10-12-15-23)31(36)25-19-27(38-7)24-16-13-17-26(37-6)29(24)30(25)35/h10-17,19,21,28,32,35H,18,20H2,1-9H3/t21-,28-,32-/m1/s1. The van der Waals surface area contributed by atoms with E-state index in [9.17, 15) is 14.7 Å². The van der Waals surface area contributed by atoms with Gasteiger partial charge in [-0.25, -0.2) is 0 Å². The van der Waals surface area contributed by atoms with Crippen LogP contribution in [0.1, 0.15) is 57.0 Å². The molecule has 0 aliphatic carbocycles. The summed E-state index contributed by atoms with van der Waals surface area (Å²) in [6.07, 6.45) is -2.36. The van der Waals surface area contributed by atoms with Crippen LogP contribution in [0.2, 0.25) is 18.1 Å². The molecule has 0 aliphatic rings. The summed E-state index contributed by atoms with van der Waals surface area (Å²) in [5.74, 6) is -0.616. The van der Waals surface area contributed by atoms with Crippen molar-refractivity contribution in [2.75, 3.05) is 14.2 Å². The number of Topliss-reactive ketones (excluding diaryl/α,β-unsaturated/α-hetero) is 1. The van der Waals surface area contributed by atoms with Crippen molar-refractivity contribution >= 4 is 30.8 Å². The van der Waals surface area contributed by atoms with Gasteiger partial charge in [0.1, 0.15) is 23.4 Å². The number of hydrogen-bond acceptors (Lipinski definition) is 8. The summed E-state index contributed by atoms with van der Waals surface area (Å²) in [6.45, 7) is 14.0. The van der Waals surface area contributed by atoms with Crippen LogP contribution in [0.3, 0.4) is 0 Å². The van der Waals surface area contributed by atoms with Crippen LogP contribution >= 0.6 is 0 Å². The summed E-state index contributed by atoms with van der Waals surface area (Å²) in [6, 6.07) is 16.1. The van der Waals surface area contributed by atoms with Crippen LogP contribution in [-0.4, -0.2) is 57.7 Å². The molecule has 228 valence electrons. The van der Waals surface area contributed by atoms with Crippen LogP contribution in [-0.2, 0) is 25.3 Å². The average molecular weight is 597 g/mol. The molecule has 1 N–H and O–H groups in total. The Morgan fingerprint density at radius 2 is 1.60 bits per heavy atom. The number of ether oxygens (including phenoxy) is 4. The smallest absolute Gasteiger partial charge is 0.303 e. The maximum absolute atomic E-state index is 14.3. The first-order valence-electron chi connectivity index (χ1n) is 14.1. The third kappa shape index (κ3) is 7.70. The van der Waals surface area contributed by atoms with Crippen molar-refractivity contribution in [2.45, 2.75) is 84.1 Å². The van der Waals surface area contributed by atoms with Crippen LogP contribution in [0.5, 0.6) is 17.2 Å². The molecule has 0 saturated heterocycles. The minimum atomic E-state index is -2.17. The molecular formula is C33H44O8Si. The molecule has 0 spiro atoms. The van der Waals surface area contributed by atoms with E-state index in [0.29, 0.717) is 22.3 Å². The molecule has 3 atom stereocenters. The van der Waals surface area contributed by atoms with Crippen molar-refractivity contribution in [3.63, 3.8) is 0 Å². The largest absolute Gasteiger partial charge is 0.506 e. The van der Waals surface area contributed by atoms with E-state index in [1.165, 1.54) is 27.2 Å². The molecule has 0 heterocycles. The van der Waals surface area contributed by atoms with Crippen molar-refractivity contribution < 1.29 is 38.1 Å². The van der Waals surface area contributed by atoms with Gasteiger partial charge in [-0.05, 0) is 42.8 Å². The maximum atomic E-state index is 14.3. The first-order valence-corrected chi connectivity index (χ1v) is 17.0. The second-order valence-electron chi connectivity index (χ2n) is 12.0. The Morgan fingerprint density at radius 3 is 2.17 bits per heavy atom. The van der Waals surface area contributed by atoms with Crippen LogP contribution in [0, 0.1) is 0 Å². The molecular weight excluding hydrogens is 552 g/mol. The molecule has 3 rings (SSSR count). The number of phenolic OH excluding ortho intramolecular Hbond substituents is 1. The second-order valence-corrected chi connectivity index (χ2v) is 16.8. The van der Waals surface area contributed by atoms with E-state index in [2.05, 4.69) is 33.9 Å². The van der Waals surface area contributed by atoms with E-state index in [-0.39, 0.29) is 35.5 Å². The molecule has 3 aromatic carbocycles. The number of ketones is 1. The van der Waals surface area contributed by atoms with Gasteiger partial charge in [0.25, 0.3) is 0 Å². The van der Waals surface area contributed by atoms with Crippen molar-refractivity contribution in [3.8, 4) is 17.2 Å². The third-order valence-electron chi connectivity index (χ3n) is 7.82. The number of aromatic hydroxyl groups is 1.